The van der Waals surface area contributed by atoms with Crippen LogP contribution in [0.4, 0.5) is 4.39 Å². The van der Waals surface area contributed by atoms with E-state index in [9.17, 15) is 4.39 Å². The summed E-state index contributed by atoms with van der Waals surface area (Å²) in [7, 11) is 0. The van der Waals surface area contributed by atoms with Gasteiger partial charge < -0.3 is 4.74 Å². The van der Waals surface area contributed by atoms with Gasteiger partial charge in [-0.2, -0.15) is 0 Å². The van der Waals surface area contributed by atoms with Crippen LogP contribution in [0.25, 0.3) is 22.5 Å². The summed E-state index contributed by atoms with van der Waals surface area (Å²) in [5.74, 6) is 1.43. The van der Waals surface area contributed by atoms with Crippen molar-refractivity contribution in [3.8, 4) is 28.3 Å². The maximum absolute atomic E-state index is 14.2. The summed E-state index contributed by atoms with van der Waals surface area (Å²) < 4.78 is 19.9. The van der Waals surface area contributed by atoms with Gasteiger partial charge in [-0.15, -0.1) is 0 Å². The zero-order chi connectivity index (χ0) is 29.0. The van der Waals surface area contributed by atoms with Crippen molar-refractivity contribution in [3.63, 3.8) is 0 Å². The maximum atomic E-state index is 14.2. The van der Waals surface area contributed by atoms with Crippen molar-refractivity contribution < 1.29 is 9.13 Å². The molecule has 0 radical (unpaired) electrons. The first-order valence-electron chi connectivity index (χ1n) is 16.5. The smallest absolute Gasteiger partial charge is 0.159 e. The summed E-state index contributed by atoms with van der Waals surface area (Å²) in [4.78, 5) is 9.24. The average Bonchev–Trinajstić information content (AvgIpc) is 3.01. The van der Waals surface area contributed by atoms with Crippen molar-refractivity contribution in [1.29, 1.82) is 0 Å². The van der Waals surface area contributed by atoms with Crippen LogP contribution in [0.2, 0.25) is 0 Å². The first kappa shape index (κ1) is 32.8. The third kappa shape index (κ3) is 13.2. The lowest BCUT2D eigenvalue weighted by Gasteiger charge is -2.11. The number of ether oxygens (including phenoxy) is 1. The molecule has 4 heteroatoms. The Morgan fingerprint density at radius 1 is 0.585 bits per heavy atom. The Morgan fingerprint density at radius 2 is 1.10 bits per heavy atom. The van der Waals surface area contributed by atoms with E-state index in [4.69, 9.17) is 4.74 Å². The van der Waals surface area contributed by atoms with Gasteiger partial charge in [0, 0.05) is 23.5 Å². The number of unbranched alkanes of at least 4 members (excludes halogenated alkanes) is 13. The molecular weight excluding hydrogens is 507 g/mol. The van der Waals surface area contributed by atoms with Crippen molar-refractivity contribution >= 4 is 0 Å². The van der Waals surface area contributed by atoms with Gasteiger partial charge >= 0.3 is 0 Å². The van der Waals surface area contributed by atoms with Crippen molar-refractivity contribution in [2.75, 3.05) is 6.61 Å². The minimum absolute atomic E-state index is 0.115. The number of hydrogen-bond donors (Lipinski definition) is 0. The first-order chi connectivity index (χ1) is 20.2. The van der Waals surface area contributed by atoms with Crippen LogP contribution in [0.5, 0.6) is 5.75 Å². The van der Waals surface area contributed by atoms with E-state index in [-0.39, 0.29) is 6.61 Å². The van der Waals surface area contributed by atoms with Gasteiger partial charge in [-0.25, -0.2) is 14.4 Å². The lowest BCUT2D eigenvalue weighted by Crippen LogP contribution is -2.12. The van der Waals surface area contributed by atoms with E-state index in [1.165, 1.54) is 89.0 Å². The van der Waals surface area contributed by atoms with E-state index < -0.39 is 6.17 Å². The molecule has 0 aliphatic heterocycles. The van der Waals surface area contributed by atoms with E-state index in [1.807, 2.05) is 36.7 Å². The predicted molar refractivity (Wildman–Crippen MR) is 172 cm³/mol. The van der Waals surface area contributed by atoms with Crippen LogP contribution in [0.3, 0.4) is 0 Å². The van der Waals surface area contributed by atoms with E-state index in [0.29, 0.717) is 12.2 Å². The van der Waals surface area contributed by atoms with E-state index >= 15 is 0 Å². The number of aryl methyl sites for hydroxylation is 1. The summed E-state index contributed by atoms with van der Waals surface area (Å²) >= 11 is 0. The predicted octanol–water partition coefficient (Wildman–Crippen LogP) is 11.4. The highest BCUT2D eigenvalue weighted by atomic mass is 19.1. The Balaban J connectivity index is 1.36. The van der Waals surface area contributed by atoms with Gasteiger partial charge in [0.25, 0.3) is 0 Å². The SMILES string of the molecule is CCCCCCCCCCCc1ccc(-c2ncc(-c3ccc(OCC(F)CCCCCCCC)cc3)cn2)cc1. The maximum Gasteiger partial charge on any atom is 0.159 e. The van der Waals surface area contributed by atoms with Crippen LogP contribution in [0, 0.1) is 0 Å². The van der Waals surface area contributed by atoms with E-state index in [0.717, 1.165) is 41.8 Å². The molecule has 0 amide bonds. The Bertz CT molecular complexity index is 1050. The fraction of sp³-hybridized carbons (Fsp3) is 0.568. The highest BCUT2D eigenvalue weighted by molar-refractivity contribution is 5.64. The lowest BCUT2D eigenvalue weighted by atomic mass is 10.0. The van der Waals surface area contributed by atoms with Crippen LogP contribution in [0.1, 0.15) is 122 Å². The number of nitrogens with zero attached hydrogens (tertiary/aromatic N) is 2. The molecule has 0 aliphatic rings. The van der Waals surface area contributed by atoms with E-state index in [1.54, 1.807) is 0 Å². The largest absolute Gasteiger partial charge is 0.491 e. The van der Waals surface area contributed by atoms with Crippen molar-refractivity contribution in [3.05, 3.63) is 66.5 Å². The summed E-state index contributed by atoms with van der Waals surface area (Å²) in [6, 6.07) is 16.5. The highest BCUT2D eigenvalue weighted by Gasteiger charge is 2.09. The normalized spacial score (nSPS) is 12.0. The van der Waals surface area contributed by atoms with Gasteiger partial charge in [0.15, 0.2) is 5.82 Å². The number of alkyl halides is 1. The summed E-state index contributed by atoms with van der Waals surface area (Å²) in [5, 5.41) is 0. The quantitative estimate of drug-likeness (QED) is 0.115. The molecule has 0 saturated heterocycles. The number of rotatable bonds is 22. The second-order valence-corrected chi connectivity index (χ2v) is 11.6. The standard InChI is InChI=1S/C37H53FN2O/c1-3-5-7-9-11-12-13-14-16-18-31-20-22-33(23-21-31)37-39-28-34(29-40-37)32-24-26-36(27-25-32)41-30-35(38)19-17-15-10-8-6-4-2/h20-29,35H,3-19,30H2,1-2H3. The lowest BCUT2D eigenvalue weighted by molar-refractivity contribution is 0.184. The number of aromatic nitrogens is 2. The zero-order valence-electron chi connectivity index (χ0n) is 25.8. The molecule has 3 rings (SSSR count). The van der Waals surface area contributed by atoms with Crippen LogP contribution in [-0.2, 0) is 6.42 Å². The van der Waals surface area contributed by atoms with Crippen molar-refractivity contribution in [2.24, 2.45) is 0 Å². The molecule has 0 bridgehead atoms. The number of benzene rings is 2. The molecule has 224 valence electrons. The average molecular weight is 561 g/mol. The van der Waals surface area contributed by atoms with Gasteiger partial charge in [-0.05, 0) is 42.5 Å². The summed E-state index contributed by atoms with van der Waals surface area (Å²) in [6.45, 7) is 4.60. The number of hydrogen-bond acceptors (Lipinski definition) is 3. The molecule has 1 heterocycles. The topological polar surface area (TPSA) is 35.0 Å². The number of halogens is 1. The minimum Gasteiger partial charge on any atom is -0.491 e. The fourth-order valence-corrected chi connectivity index (χ4v) is 5.25. The van der Waals surface area contributed by atoms with Gasteiger partial charge in [0.2, 0.25) is 0 Å². The third-order valence-electron chi connectivity index (χ3n) is 7.92. The van der Waals surface area contributed by atoms with Crippen LogP contribution < -0.4 is 4.74 Å². The van der Waals surface area contributed by atoms with Gasteiger partial charge in [0.05, 0.1) is 0 Å². The molecule has 1 aromatic heterocycles. The molecule has 0 saturated carbocycles. The van der Waals surface area contributed by atoms with Crippen LogP contribution in [-0.4, -0.2) is 22.7 Å². The van der Waals surface area contributed by atoms with Gasteiger partial charge in [0.1, 0.15) is 18.5 Å². The highest BCUT2D eigenvalue weighted by Crippen LogP contribution is 2.24. The third-order valence-corrected chi connectivity index (χ3v) is 7.92. The Kier molecular flexibility index (Phi) is 16.1. The molecule has 0 aliphatic carbocycles. The molecule has 0 N–H and O–H groups in total. The summed E-state index contributed by atoms with van der Waals surface area (Å²) in [5.41, 5.74) is 4.40. The molecule has 1 atom stereocenters. The zero-order valence-corrected chi connectivity index (χ0v) is 25.8. The second kappa shape index (κ2) is 20.2. The molecule has 3 aromatic rings. The van der Waals surface area contributed by atoms with Crippen molar-refractivity contribution in [2.45, 2.75) is 129 Å². The molecule has 0 spiro atoms. The Hall–Kier alpha value is -2.75. The molecular formula is C37H53FN2O. The van der Waals surface area contributed by atoms with Crippen LogP contribution >= 0.6 is 0 Å². The van der Waals surface area contributed by atoms with Gasteiger partial charge in [-0.1, -0.05) is 140 Å². The molecule has 41 heavy (non-hydrogen) atoms. The molecule has 2 aromatic carbocycles. The first-order valence-corrected chi connectivity index (χ1v) is 16.5. The summed E-state index contributed by atoms with van der Waals surface area (Å²) in [6.07, 6.45) is 23.8. The van der Waals surface area contributed by atoms with Crippen LogP contribution in [0.15, 0.2) is 60.9 Å². The minimum atomic E-state index is -0.911. The second-order valence-electron chi connectivity index (χ2n) is 11.6. The van der Waals surface area contributed by atoms with Crippen molar-refractivity contribution in [1.82, 2.24) is 9.97 Å². The monoisotopic (exact) mass is 560 g/mol. The Labute approximate surface area is 249 Å². The molecule has 1 unspecified atom stereocenters. The molecule has 3 nitrogen and oxygen atoms in total. The Morgan fingerprint density at radius 3 is 1.68 bits per heavy atom. The van der Waals surface area contributed by atoms with Gasteiger partial charge in [-0.3, -0.25) is 0 Å². The van der Waals surface area contributed by atoms with E-state index in [2.05, 4.69) is 48.1 Å². The molecule has 0 fully saturated rings. The fourth-order valence-electron chi connectivity index (χ4n) is 5.25.